The summed E-state index contributed by atoms with van der Waals surface area (Å²) in [6, 6.07) is 2.11. The summed E-state index contributed by atoms with van der Waals surface area (Å²) in [7, 11) is 0. The minimum absolute atomic E-state index is 0.592. The maximum Gasteiger partial charge on any atom is 0.136 e. The third-order valence-corrected chi connectivity index (χ3v) is 4.37. The molecule has 0 aliphatic heterocycles. The lowest BCUT2D eigenvalue weighted by Crippen LogP contribution is -2.30. The van der Waals surface area contributed by atoms with E-state index in [0.29, 0.717) is 5.92 Å². The van der Waals surface area contributed by atoms with Crippen molar-refractivity contribution in [3.63, 3.8) is 0 Å². The zero-order valence-corrected chi connectivity index (χ0v) is 14.0. The van der Waals surface area contributed by atoms with E-state index >= 15 is 0 Å². The van der Waals surface area contributed by atoms with E-state index in [1.807, 2.05) is 0 Å². The summed E-state index contributed by atoms with van der Waals surface area (Å²) < 4.78 is 0. The zero-order chi connectivity index (χ0) is 15.2. The van der Waals surface area contributed by atoms with Crippen LogP contribution in [0.3, 0.4) is 0 Å². The quantitative estimate of drug-likeness (QED) is 0.745. The van der Waals surface area contributed by atoms with Gasteiger partial charge in [0.25, 0.3) is 0 Å². The van der Waals surface area contributed by atoms with Gasteiger partial charge in [0.1, 0.15) is 17.5 Å². The lowest BCUT2D eigenvalue weighted by Gasteiger charge is -2.27. The molecular formula is C17H30N4. The van der Waals surface area contributed by atoms with Crippen LogP contribution in [0.4, 0.5) is 11.6 Å². The number of hydrogen-bond acceptors (Lipinski definition) is 4. The van der Waals surface area contributed by atoms with Crippen LogP contribution in [-0.4, -0.2) is 29.6 Å². The molecule has 21 heavy (non-hydrogen) atoms. The van der Waals surface area contributed by atoms with Crippen molar-refractivity contribution in [2.45, 2.75) is 59.3 Å². The van der Waals surface area contributed by atoms with Crippen molar-refractivity contribution in [1.82, 2.24) is 9.97 Å². The second kappa shape index (κ2) is 7.62. The number of anilines is 2. The molecule has 0 unspecified atom stereocenters. The highest BCUT2D eigenvalue weighted by Crippen LogP contribution is 2.39. The second-order valence-electron chi connectivity index (χ2n) is 6.00. The molecule has 0 atom stereocenters. The van der Waals surface area contributed by atoms with Crippen LogP contribution in [0.15, 0.2) is 6.07 Å². The fourth-order valence-electron chi connectivity index (χ4n) is 2.65. The normalized spacial score (nSPS) is 14.5. The number of nitrogens with zero attached hydrogens (tertiary/aromatic N) is 3. The molecule has 118 valence electrons. The van der Waals surface area contributed by atoms with Gasteiger partial charge >= 0.3 is 0 Å². The number of nitrogens with one attached hydrogen (secondary N) is 1. The smallest absolute Gasteiger partial charge is 0.136 e. The molecule has 0 aromatic carbocycles. The number of rotatable bonds is 9. The first-order chi connectivity index (χ1) is 10.2. The third kappa shape index (κ3) is 4.32. The monoisotopic (exact) mass is 290 g/mol. The molecule has 1 fully saturated rings. The molecule has 1 aromatic heterocycles. The molecule has 1 N–H and O–H groups in total. The molecular weight excluding hydrogens is 260 g/mol. The second-order valence-corrected chi connectivity index (χ2v) is 6.00. The first-order valence-corrected chi connectivity index (χ1v) is 8.59. The number of hydrogen-bond donors (Lipinski definition) is 1. The highest BCUT2D eigenvalue weighted by molar-refractivity contribution is 5.50. The first-order valence-electron chi connectivity index (χ1n) is 8.59. The highest BCUT2D eigenvalue weighted by Gasteiger charge is 2.28. The first kappa shape index (κ1) is 16.1. The molecule has 1 heterocycles. The molecule has 2 rings (SSSR count). The van der Waals surface area contributed by atoms with Crippen molar-refractivity contribution in [3.05, 3.63) is 11.9 Å². The Hall–Kier alpha value is -1.32. The molecule has 1 saturated carbocycles. The molecule has 1 aromatic rings. The van der Waals surface area contributed by atoms with Crippen molar-refractivity contribution in [1.29, 1.82) is 0 Å². The molecule has 1 aliphatic carbocycles. The van der Waals surface area contributed by atoms with Gasteiger partial charge in [0, 0.05) is 31.6 Å². The van der Waals surface area contributed by atoms with Crippen LogP contribution in [0.25, 0.3) is 0 Å². The molecule has 1 aliphatic rings. The molecule has 0 radical (unpaired) electrons. The van der Waals surface area contributed by atoms with Crippen LogP contribution in [0.5, 0.6) is 0 Å². The van der Waals surface area contributed by atoms with E-state index in [4.69, 9.17) is 4.98 Å². The van der Waals surface area contributed by atoms with Crippen molar-refractivity contribution < 1.29 is 0 Å². The fraction of sp³-hybridized carbons (Fsp3) is 0.765. The van der Waals surface area contributed by atoms with Crippen LogP contribution >= 0.6 is 0 Å². The number of aromatic nitrogens is 2. The highest BCUT2D eigenvalue weighted by atomic mass is 15.2. The van der Waals surface area contributed by atoms with Gasteiger partial charge in [0.15, 0.2) is 0 Å². The Labute approximate surface area is 129 Å². The van der Waals surface area contributed by atoms with Crippen molar-refractivity contribution in [3.8, 4) is 0 Å². The SMILES string of the molecule is CCNc1cc(N(CC)CC(CC)CC)nc(C2CC2)n1. The summed E-state index contributed by atoms with van der Waals surface area (Å²) in [5.74, 6) is 4.44. The van der Waals surface area contributed by atoms with Gasteiger partial charge in [-0.25, -0.2) is 9.97 Å². The summed E-state index contributed by atoms with van der Waals surface area (Å²) in [6.45, 7) is 11.9. The molecule has 0 amide bonds. The average molecular weight is 290 g/mol. The summed E-state index contributed by atoms with van der Waals surface area (Å²) in [5.41, 5.74) is 0. The Morgan fingerprint density at radius 1 is 1.19 bits per heavy atom. The van der Waals surface area contributed by atoms with Crippen molar-refractivity contribution in [2.24, 2.45) is 5.92 Å². The summed E-state index contributed by atoms with van der Waals surface area (Å²) in [6.07, 6.45) is 4.95. The van der Waals surface area contributed by atoms with Gasteiger partial charge in [0.2, 0.25) is 0 Å². The van der Waals surface area contributed by atoms with Crippen LogP contribution in [-0.2, 0) is 0 Å². The van der Waals surface area contributed by atoms with Crippen LogP contribution in [0.2, 0.25) is 0 Å². The Kier molecular flexibility index (Phi) is 5.83. The topological polar surface area (TPSA) is 41.0 Å². The Balaban J connectivity index is 2.21. The summed E-state index contributed by atoms with van der Waals surface area (Å²) in [5, 5.41) is 3.35. The largest absolute Gasteiger partial charge is 0.370 e. The molecule has 0 spiro atoms. The van der Waals surface area contributed by atoms with Crippen molar-refractivity contribution in [2.75, 3.05) is 29.9 Å². The van der Waals surface area contributed by atoms with Gasteiger partial charge in [-0.15, -0.1) is 0 Å². The minimum atomic E-state index is 0.592. The van der Waals surface area contributed by atoms with E-state index in [9.17, 15) is 0 Å². The van der Waals surface area contributed by atoms with E-state index < -0.39 is 0 Å². The van der Waals surface area contributed by atoms with Gasteiger partial charge in [-0.05, 0) is 32.6 Å². The van der Waals surface area contributed by atoms with Crippen LogP contribution in [0, 0.1) is 5.92 Å². The van der Waals surface area contributed by atoms with Gasteiger partial charge < -0.3 is 10.2 Å². The Bertz CT molecular complexity index is 438. The van der Waals surface area contributed by atoms with E-state index in [0.717, 1.165) is 43.0 Å². The van der Waals surface area contributed by atoms with Crippen molar-refractivity contribution >= 4 is 11.6 Å². The van der Waals surface area contributed by atoms with E-state index in [2.05, 4.69) is 49.0 Å². The van der Waals surface area contributed by atoms with E-state index in [1.54, 1.807) is 0 Å². The Morgan fingerprint density at radius 2 is 1.90 bits per heavy atom. The maximum atomic E-state index is 4.85. The Morgan fingerprint density at radius 3 is 2.43 bits per heavy atom. The molecule has 0 saturated heterocycles. The van der Waals surface area contributed by atoms with E-state index in [1.165, 1.54) is 25.7 Å². The standard InChI is InChI=1S/C17H30N4/c1-5-13(6-2)12-21(8-4)16-11-15(18-7-3)19-17(20-16)14-9-10-14/h11,13-14H,5-10,12H2,1-4H3,(H,18,19,20). The lowest BCUT2D eigenvalue weighted by molar-refractivity contribution is 0.484. The van der Waals surface area contributed by atoms with Crippen LogP contribution in [0.1, 0.15) is 65.1 Å². The van der Waals surface area contributed by atoms with Gasteiger partial charge in [-0.1, -0.05) is 26.7 Å². The molecule has 4 nitrogen and oxygen atoms in total. The van der Waals surface area contributed by atoms with Crippen LogP contribution < -0.4 is 10.2 Å². The summed E-state index contributed by atoms with van der Waals surface area (Å²) >= 11 is 0. The van der Waals surface area contributed by atoms with Gasteiger partial charge in [0.05, 0.1) is 0 Å². The fourth-order valence-corrected chi connectivity index (χ4v) is 2.65. The molecule has 4 heteroatoms. The molecule has 0 bridgehead atoms. The predicted molar refractivity (Wildman–Crippen MR) is 90.1 cm³/mol. The lowest BCUT2D eigenvalue weighted by atomic mass is 10.0. The predicted octanol–water partition coefficient (Wildman–Crippen LogP) is 4.05. The summed E-state index contributed by atoms with van der Waals surface area (Å²) in [4.78, 5) is 11.9. The van der Waals surface area contributed by atoms with Gasteiger partial charge in [-0.2, -0.15) is 0 Å². The van der Waals surface area contributed by atoms with Gasteiger partial charge in [-0.3, -0.25) is 0 Å². The minimum Gasteiger partial charge on any atom is -0.370 e. The average Bonchev–Trinajstić information content (AvgIpc) is 3.33. The maximum absolute atomic E-state index is 4.85. The zero-order valence-electron chi connectivity index (χ0n) is 14.0. The third-order valence-electron chi connectivity index (χ3n) is 4.37. The van der Waals surface area contributed by atoms with E-state index in [-0.39, 0.29) is 0 Å².